The van der Waals surface area contributed by atoms with E-state index in [1.807, 2.05) is 29.7 Å². The first kappa shape index (κ1) is 17.5. The molecule has 5 nitrogen and oxygen atoms in total. The summed E-state index contributed by atoms with van der Waals surface area (Å²) in [6.07, 6.45) is 5.84. The molecule has 0 saturated carbocycles. The van der Waals surface area contributed by atoms with Crippen LogP contribution in [-0.4, -0.2) is 35.1 Å². The fourth-order valence-electron chi connectivity index (χ4n) is 2.51. The molecule has 0 spiro atoms. The number of imidazole rings is 1. The summed E-state index contributed by atoms with van der Waals surface area (Å²) in [5.41, 5.74) is 3.72. The Morgan fingerprint density at radius 3 is 2.78 bits per heavy atom. The number of nitrogens with one attached hydrogen (secondary N) is 1. The number of fused-ring (bicyclic) bond motifs is 1. The van der Waals surface area contributed by atoms with Crippen molar-refractivity contribution in [2.75, 3.05) is 19.8 Å². The largest absolute Gasteiger partial charge is 0.381 e. The van der Waals surface area contributed by atoms with Crippen LogP contribution in [0.15, 0.2) is 18.3 Å². The molecule has 23 heavy (non-hydrogen) atoms. The second-order valence-corrected chi connectivity index (χ2v) is 5.72. The quantitative estimate of drug-likeness (QED) is 0.723. The van der Waals surface area contributed by atoms with Crippen molar-refractivity contribution < 1.29 is 9.53 Å². The van der Waals surface area contributed by atoms with Gasteiger partial charge in [-0.25, -0.2) is 4.98 Å². The number of unbranched alkanes of at least 4 members (excludes halogenated alkanes) is 1. The number of aromatic nitrogens is 2. The summed E-state index contributed by atoms with van der Waals surface area (Å²) in [7, 11) is 0. The SMILES string of the molecule is CCCCOCCCNC(=O)c1ccc2nc(CC)c(C)n2c1. The van der Waals surface area contributed by atoms with Crippen molar-refractivity contribution in [3.63, 3.8) is 0 Å². The number of carbonyl (C=O) groups excluding carboxylic acids is 1. The molecule has 0 aliphatic carbocycles. The highest BCUT2D eigenvalue weighted by Gasteiger charge is 2.10. The molecule has 0 radical (unpaired) electrons. The van der Waals surface area contributed by atoms with Gasteiger partial charge in [0.2, 0.25) is 0 Å². The van der Waals surface area contributed by atoms with Gasteiger partial charge in [0.25, 0.3) is 5.91 Å². The number of hydrogen-bond donors (Lipinski definition) is 1. The van der Waals surface area contributed by atoms with Crippen LogP contribution in [0.2, 0.25) is 0 Å². The van der Waals surface area contributed by atoms with Crippen LogP contribution < -0.4 is 5.32 Å². The number of ether oxygens (including phenoxy) is 1. The normalized spacial score (nSPS) is 11.1. The molecule has 0 bridgehead atoms. The van der Waals surface area contributed by atoms with Crippen LogP contribution in [0.1, 0.15) is 54.9 Å². The number of carbonyl (C=O) groups is 1. The molecule has 2 rings (SSSR count). The maximum Gasteiger partial charge on any atom is 0.252 e. The highest BCUT2D eigenvalue weighted by molar-refractivity contribution is 5.94. The number of hydrogen-bond acceptors (Lipinski definition) is 3. The monoisotopic (exact) mass is 317 g/mol. The van der Waals surface area contributed by atoms with Gasteiger partial charge in [-0.05, 0) is 38.3 Å². The molecule has 5 heteroatoms. The molecule has 0 aliphatic heterocycles. The zero-order chi connectivity index (χ0) is 16.7. The Labute approximate surface area is 138 Å². The van der Waals surface area contributed by atoms with Crippen LogP contribution in [0, 0.1) is 6.92 Å². The Morgan fingerprint density at radius 1 is 1.26 bits per heavy atom. The average Bonchev–Trinajstić information content (AvgIpc) is 2.89. The summed E-state index contributed by atoms with van der Waals surface area (Å²) in [4.78, 5) is 16.8. The first-order valence-corrected chi connectivity index (χ1v) is 8.50. The molecular weight excluding hydrogens is 290 g/mol. The minimum Gasteiger partial charge on any atom is -0.381 e. The highest BCUT2D eigenvalue weighted by atomic mass is 16.5. The fourth-order valence-corrected chi connectivity index (χ4v) is 2.51. The Balaban J connectivity index is 1.87. The van der Waals surface area contributed by atoms with E-state index in [1.54, 1.807) is 0 Å². The Hall–Kier alpha value is -1.88. The van der Waals surface area contributed by atoms with Gasteiger partial charge in [-0.3, -0.25) is 4.79 Å². The molecule has 2 aromatic rings. The minimum atomic E-state index is -0.0494. The van der Waals surface area contributed by atoms with Crippen molar-refractivity contribution in [3.8, 4) is 0 Å². The van der Waals surface area contributed by atoms with Crippen LogP contribution in [0.3, 0.4) is 0 Å². The molecule has 0 saturated heterocycles. The van der Waals surface area contributed by atoms with Crippen molar-refractivity contribution in [2.24, 2.45) is 0 Å². The predicted octanol–water partition coefficient (Wildman–Crippen LogP) is 3.14. The Kier molecular flexibility index (Phi) is 6.59. The van der Waals surface area contributed by atoms with Crippen molar-refractivity contribution in [2.45, 2.75) is 46.5 Å². The number of aryl methyl sites for hydroxylation is 2. The fraction of sp³-hybridized carbons (Fsp3) is 0.556. The van der Waals surface area contributed by atoms with Crippen molar-refractivity contribution in [1.82, 2.24) is 14.7 Å². The first-order chi connectivity index (χ1) is 11.2. The molecule has 0 fully saturated rings. The number of rotatable bonds is 9. The molecule has 126 valence electrons. The van der Waals surface area contributed by atoms with Crippen molar-refractivity contribution in [3.05, 3.63) is 35.3 Å². The van der Waals surface area contributed by atoms with E-state index in [4.69, 9.17) is 4.74 Å². The Bertz CT molecular complexity index is 649. The van der Waals surface area contributed by atoms with E-state index in [9.17, 15) is 4.79 Å². The lowest BCUT2D eigenvalue weighted by molar-refractivity contribution is 0.0940. The standard InChI is InChI=1S/C18H27N3O2/c1-4-6-11-23-12-7-10-19-18(22)15-8-9-17-20-16(5-2)14(3)21(17)13-15/h8-9,13H,4-7,10-12H2,1-3H3,(H,19,22). The summed E-state index contributed by atoms with van der Waals surface area (Å²) >= 11 is 0. The van der Waals surface area contributed by atoms with Crippen LogP contribution in [0.25, 0.3) is 5.65 Å². The van der Waals surface area contributed by atoms with Gasteiger partial charge in [0.15, 0.2) is 0 Å². The number of amides is 1. The molecule has 0 aliphatic rings. The van der Waals surface area contributed by atoms with Crippen LogP contribution >= 0.6 is 0 Å². The highest BCUT2D eigenvalue weighted by Crippen LogP contribution is 2.13. The lowest BCUT2D eigenvalue weighted by Gasteiger charge is -2.07. The summed E-state index contributed by atoms with van der Waals surface area (Å²) in [5.74, 6) is -0.0494. The molecule has 0 aromatic carbocycles. The average molecular weight is 317 g/mol. The van der Waals surface area contributed by atoms with Crippen molar-refractivity contribution in [1.29, 1.82) is 0 Å². The van der Waals surface area contributed by atoms with Gasteiger partial charge in [0.05, 0.1) is 11.3 Å². The van der Waals surface area contributed by atoms with Crippen LogP contribution in [0.4, 0.5) is 0 Å². The smallest absolute Gasteiger partial charge is 0.252 e. The third-order valence-corrected chi connectivity index (χ3v) is 3.95. The number of nitrogens with zero attached hydrogens (tertiary/aromatic N) is 2. The molecule has 0 atom stereocenters. The molecule has 2 heterocycles. The maximum absolute atomic E-state index is 12.2. The summed E-state index contributed by atoms with van der Waals surface area (Å²) in [6.45, 7) is 8.40. The first-order valence-electron chi connectivity index (χ1n) is 8.50. The zero-order valence-electron chi connectivity index (χ0n) is 14.4. The third kappa shape index (κ3) is 4.55. The van der Waals surface area contributed by atoms with Gasteiger partial charge in [0.1, 0.15) is 5.65 Å². The van der Waals surface area contributed by atoms with E-state index in [0.717, 1.165) is 49.3 Å². The summed E-state index contributed by atoms with van der Waals surface area (Å²) in [6, 6.07) is 3.73. The second-order valence-electron chi connectivity index (χ2n) is 5.72. The lowest BCUT2D eigenvalue weighted by atomic mass is 10.2. The van der Waals surface area contributed by atoms with E-state index in [0.29, 0.717) is 18.7 Å². The summed E-state index contributed by atoms with van der Waals surface area (Å²) in [5, 5.41) is 2.94. The van der Waals surface area contributed by atoms with Crippen LogP contribution in [-0.2, 0) is 11.2 Å². The van der Waals surface area contributed by atoms with Gasteiger partial charge in [-0.1, -0.05) is 20.3 Å². The maximum atomic E-state index is 12.2. The van der Waals surface area contributed by atoms with Gasteiger partial charge in [-0.15, -0.1) is 0 Å². The van der Waals surface area contributed by atoms with Gasteiger partial charge in [-0.2, -0.15) is 0 Å². The second kappa shape index (κ2) is 8.67. The molecule has 0 unspecified atom stereocenters. The van der Waals surface area contributed by atoms with E-state index in [1.165, 1.54) is 0 Å². The van der Waals surface area contributed by atoms with Gasteiger partial charge in [0, 0.05) is 31.6 Å². The molecule has 1 amide bonds. The van der Waals surface area contributed by atoms with E-state index < -0.39 is 0 Å². The van der Waals surface area contributed by atoms with Crippen LogP contribution in [0.5, 0.6) is 0 Å². The van der Waals surface area contributed by atoms with Crippen molar-refractivity contribution >= 4 is 11.6 Å². The molecule has 1 N–H and O–H groups in total. The Morgan fingerprint density at radius 2 is 2.04 bits per heavy atom. The zero-order valence-corrected chi connectivity index (χ0v) is 14.4. The van der Waals surface area contributed by atoms with E-state index in [-0.39, 0.29) is 5.91 Å². The third-order valence-electron chi connectivity index (χ3n) is 3.95. The van der Waals surface area contributed by atoms with E-state index >= 15 is 0 Å². The van der Waals surface area contributed by atoms with Gasteiger partial charge >= 0.3 is 0 Å². The predicted molar refractivity (Wildman–Crippen MR) is 92.0 cm³/mol. The lowest BCUT2D eigenvalue weighted by Crippen LogP contribution is -2.25. The minimum absolute atomic E-state index is 0.0494. The molecular formula is C18H27N3O2. The topological polar surface area (TPSA) is 55.6 Å². The summed E-state index contributed by atoms with van der Waals surface area (Å²) < 4.78 is 7.47. The number of pyridine rings is 1. The van der Waals surface area contributed by atoms with E-state index in [2.05, 4.69) is 24.1 Å². The van der Waals surface area contributed by atoms with Gasteiger partial charge < -0.3 is 14.5 Å². The molecule has 2 aromatic heterocycles.